The van der Waals surface area contributed by atoms with E-state index in [1.807, 2.05) is 11.3 Å². The summed E-state index contributed by atoms with van der Waals surface area (Å²) in [5, 5.41) is 4.86. The van der Waals surface area contributed by atoms with Gasteiger partial charge in [-0.05, 0) is 45.7 Å². The molecule has 1 aromatic rings. The number of hydrogen-bond acceptors (Lipinski definition) is 3. The van der Waals surface area contributed by atoms with Crippen molar-refractivity contribution in [2.45, 2.75) is 50.9 Å². The van der Waals surface area contributed by atoms with Gasteiger partial charge in [-0.2, -0.15) is 0 Å². The fraction of sp³-hybridized carbons (Fsp3) is 0.769. The van der Waals surface area contributed by atoms with Crippen LogP contribution in [-0.4, -0.2) is 18.1 Å². The molecule has 0 bridgehead atoms. The van der Waals surface area contributed by atoms with Crippen molar-refractivity contribution < 1.29 is 0 Å². The van der Waals surface area contributed by atoms with E-state index in [0.717, 1.165) is 11.8 Å². The van der Waals surface area contributed by atoms with E-state index in [1.165, 1.54) is 60.8 Å². The van der Waals surface area contributed by atoms with Gasteiger partial charge in [-0.25, -0.2) is 4.98 Å². The molecule has 2 heterocycles. The lowest BCUT2D eigenvalue weighted by Gasteiger charge is -2.23. The standard InChI is InChI=1S/C13H20N2S/c1-9-12(10-5-7-14-8-6-10)15-13(16-9)11-3-2-4-11/h10-11,14H,2-8H2,1H3. The Balaban J connectivity index is 1.79. The molecule has 88 valence electrons. The van der Waals surface area contributed by atoms with Gasteiger partial charge >= 0.3 is 0 Å². The number of thiazole rings is 1. The van der Waals surface area contributed by atoms with E-state index in [9.17, 15) is 0 Å². The monoisotopic (exact) mass is 236 g/mol. The average Bonchev–Trinajstić information content (AvgIpc) is 2.59. The Bertz CT molecular complexity index is 362. The van der Waals surface area contributed by atoms with E-state index in [1.54, 1.807) is 0 Å². The molecule has 1 aromatic heterocycles. The van der Waals surface area contributed by atoms with Gasteiger partial charge in [0.25, 0.3) is 0 Å². The smallest absolute Gasteiger partial charge is 0.0962 e. The molecule has 1 N–H and O–H groups in total. The Morgan fingerprint density at radius 3 is 2.50 bits per heavy atom. The highest BCUT2D eigenvalue weighted by Crippen LogP contribution is 2.41. The van der Waals surface area contributed by atoms with Crippen LogP contribution in [-0.2, 0) is 0 Å². The summed E-state index contributed by atoms with van der Waals surface area (Å²) < 4.78 is 0. The molecule has 0 radical (unpaired) electrons. The lowest BCUT2D eigenvalue weighted by atomic mass is 9.86. The number of nitrogens with one attached hydrogen (secondary N) is 1. The zero-order valence-corrected chi connectivity index (χ0v) is 10.8. The SMILES string of the molecule is Cc1sc(C2CCC2)nc1C1CCNCC1. The van der Waals surface area contributed by atoms with Crippen molar-refractivity contribution in [1.29, 1.82) is 0 Å². The van der Waals surface area contributed by atoms with Crippen LogP contribution in [0.15, 0.2) is 0 Å². The van der Waals surface area contributed by atoms with E-state index >= 15 is 0 Å². The van der Waals surface area contributed by atoms with Crippen LogP contribution in [0.4, 0.5) is 0 Å². The molecular weight excluding hydrogens is 216 g/mol. The van der Waals surface area contributed by atoms with Crippen molar-refractivity contribution in [1.82, 2.24) is 10.3 Å². The molecule has 0 unspecified atom stereocenters. The largest absolute Gasteiger partial charge is 0.317 e. The van der Waals surface area contributed by atoms with E-state index in [4.69, 9.17) is 4.98 Å². The summed E-state index contributed by atoms with van der Waals surface area (Å²) in [5.41, 5.74) is 1.42. The van der Waals surface area contributed by atoms with Crippen LogP contribution in [0.1, 0.15) is 59.5 Å². The Labute approximate surface area is 101 Å². The molecule has 0 amide bonds. The third-order valence-electron chi connectivity index (χ3n) is 4.03. The van der Waals surface area contributed by atoms with Crippen molar-refractivity contribution in [3.63, 3.8) is 0 Å². The lowest BCUT2D eigenvalue weighted by molar-refractivity contribution is 0.413. The van der Waals surface area contributed by atoms with Crippen molar-refractivity contribution in [2.24, 2.45) is 0 Å². The Morgan fingerprint density at radius 2 is 1.88 bits per heavy atom. The molecule has 2 aliphatic rings. The van der Waals surface area contributed by atoms with Gasteiger partial charge < -0.3 is 5.32 Å². The number of hydrogen-bond donors (Lipinski definition) is 1. The minimum absolute atomic E-state index is 0.728. The van der Waals surface area contributed by atoms with E-state index in [2.05, 4.69) is 12.2 Å². The van der Waals surface area contributed by atoms with Gasteiger partial charge in [-0.3, -0.25) is 0 Å². The highest BCUT2D eigenvalue weighted by molar-refractivity contribution is 7.11. The first-order valence-electron chi connectivity index (χ1n) is 6.52. The summed E-state index contributed by atoms with van der Waals surface area (Å²) in [5.74, 6) is 1.53. The minimum Gasteiger partial charge on any atom is -0.317 e. The number of aryl methyl sites for hydroxylation is 1. The molecular formula is C13H20N2S. The fourth-order valence-electron chi connectivity index (χ4n) is 2.73. The summed E-state index contributed by atoms with van der Waals surface area (Å²) in [6.07, 6.45) is 6.70. The second kappa shape index (κ2) is 4.46. The van der Waals surface area contributed by atoms with Crippen LogP contribution in [0.25, 0.3) is 0 Å². The molecule has 1 saturated heterocycles. The Hall–Kier alpha value is -0.410. The Morgan fingerprint density at radius 1 is 1.12 bits per heavy atom. The van der Waals surface area contributed by atoms with E-state index in [-0.39, 0.29) is 0 Å². The quantitative estimate of drug-likeness (QED) is 0.853. The normalized spacial score (nSPS) is 23.3. The highest BCUT2D eigenvalue weighted by Gasteiger charge is 2.26. The first kappa shape index (κ1) is 10.7. The van der Waals surface area contributed by atoms with Crippen LogP contribution in [0.2, 0.25) is 0 Å². The predicted molar refractivity (Wildman–Crippen MR) is 68.3 cm³/mol. The van der Waals surface area contributed by atoms with Gasteiger partial charge in [0.05, 0.1) is 10.7 Å². The summed E-state index contributed by atoms with van der Waals surface area (Å²) >= 11 is 1.96. The molecule has 16 heavy (non-hydrogen) atoms. The minimum atomic E-state index is 0.728. The second-order valence-corrected chi connectivity index (χ2v) is 6.38. The lowest BCUT2D eigenvalue weighted by Crippen LogP contribution is -2.27. The molecule has 2 fully saturated rings. The molecule has 1 saturated carbocycles. The van der Waals surface area contributed by atoms with Crippen molar-refractivity contribution >= 4 is 11.3 Å². The van der Waals surface area contributed by atoms with Crippen molar-refractivity contribution in [3.8, 4) is 0 Å². The predicted octanol–water partition coefficient (Wildman–Crippen LogP) is 3.19. The number of rotatable bonds is 2. The molecule has 3 heteroatoms. The van der Waals surface area contributed by atoms with Crippen molar-refractivity contribution in [3.05, 3.63) is 15.6 Å². The van der Waals surface area contributed by atoms with Crippen LogP contribution >= 0.6 is 11.3 Å². The second-order valence-electron chi connectivity index (χ2n) is 5.15. The zero-order valence-electron chi connectivity index (χ0n) is 9.96. The first-order valence-corrected chi connectivity index (χ1v) is 7.34. The van der Waals surface area contributed by atoms with Gasteiger partial charge in [-0.1, -0.05) is 6.42 Å². The maximum atomic E-state index is 4.95. The maximum Gasteiger partial charge on any atom is 0.0962 e. The van der Waals surface area contributed by atoms with Gasteiger partial charge in [0.2, 0.25) is 0 Å². The maximum absolute atomic E-state index is 4.95. The molecule has 3 rings (SSSR count). The van der Waals surface area contributed by atoms with Crippen LogP contribution in [0, 0.1) is 6.92 Å². The van der Waals surface area contributed by atoms with Crippen LogP contribution < -0.4 is 5.32 Å². The van der Waals surface area contributed by atoms with Gasteiger partial charge in [0.15, 0.2) is 0 Å². The summed E-state index contributed by atoms with van der Waals surface area (Å²) in [7, 11) is 0. The van der Waals surface area contributed by atoms with Gasteiger partial charge in [0.1, 0.15) is 0 Å². The molecule has 0 spiro atoms. The Kier molecular flexibility index (Phi) is 2.99. The summed E-state index contributed by atoms with van der Waals surface area (Å²) in [6.45, 7) is 4.60. The number of aromatic nitrogens is 1. The van der Waals surface area contributed by atoms with Crippen LogP contribution in [0.5, 0.6) is 0 Å². The topological polar surface area (TPSA) is 24.9 Å². The summed E-state index contributed by atoms with van der Waals surface area (Å²) in [6, 6.07) is 0. The van der Waals surface area contributed by atoms with Gasteiger partial charge in [0, 0.05) is 16.7 Å². The number of piperidine rings is 1. The molecule has 0 atom stereocenters. The molecule has 1 aliphatic carbocycles. The molecule has 0 aromatic carbocycles. The summed E-state index contributed by atoms with van der Waals surface area (Å²) in [4.78, 5) is 6.43. The third kappa shape index (κ3) is 1.91. The third-order valence-corrected chi connectivity index (χ3v) is 5.18. The first-order chi connectivity index (χ1) is 7.84. The highest BCUT2D eigenvalue weighted by atomic mass is 32.1. The van der Waals surface area contributed by atoms with Crippen molar-refractivity contribution in [2.75, 3.05) is 13.1 Å². The average molecular weight is 236 g/mol. The number of nitrogens with zero attached hydrogens (tertiary/aromatic N) is 1. The van der Waals surface area contributed by atoms with E-state index < -0.39 is 0 Å². The zero-order chi connectivity index (χ0) is 11.0. The van der Waals surface area contributed by atoms with Gasteiger partial charge in [-0.15, -0.1) is 11.3 Å². The van der Waals surface area contributed by atoms with Crippen LogP contribution in [0.3, 0.4) is 0 Å². The fourth-order valence-corrected chi connectivity index (χ4v) is 3.91. The molecule has 2 nitrogen and oxygen atoms in total. The van der Waals surface area contributed by atoms with E-state index in [0.29, 0.717) is 0 Å². The molecule has 1 aliphatic heterocycles.